The molecule has 3 fully saturated rings. The molecule has 2 aliphatic carbocycles. The van der Waals surface area contributed by atoms with E-state index in [1.165, 1.54) is 11.3 Å². The molecule has 0 atom stereocenters. The van der Waals surface area contributed by atoms with Crippen molar-refractivity contribution >= 4 is 65.8 Å². The Morgan fingerprint density at radius 2 is 1.83 bits per heavy atom. The number of rotatable bonds is 11. The first-order valence-corrected chi connectivity index (χ1v) is 19.0. The molecule has 1 aliphatic heterocycles. The van der Waals surface area contributed by atoms with Crippen LogP contribution in [0.2, 0.25) is 10.0 Å². The van der Waals surface area contributed by atoms with Crippen LogP contribution in [0.1, 0.15) is 86.4 Å². The van der Waals surface area contributed by atoms with E-state index in [-0.39, 0.29) is 11.7 Å². The zero-order valence-electron chi connectivity index (χ0n) is 25.7. The topological polar surface area (TPSA) is 115 Å². The second-order valence-corrected chi connectivity index (χ2v) is 16.7. The quantitative estimate of drug-likeness (QED) is 0.167. The Bertz CT molecular complexity index is 1870. The molecule has 1 saturated heterocycles. The fourth-order valence-corrected chi connectivity index (χ4v) is 9.11. The molecule has 2 aromatic carbocycles. The fraction of sp³-hybridized carbons (Fsp3) is 0.485. The molecule has 0 unspecified atom stereocenters. The smallest absolute Gasteiger partial charge is 0.264 e. The van der Waals surface area contributed by atoms with Gasteiger partial charge in [-0.1, -0.05) is 45.8 Å². The minimum absolute atomic E-state index is 0.141. The van der Waals surface area contributed by atoms with Crippen molar-refractivity contribution in [3.63, 3.8) is 0 Å². The van der Waals surface area contributed by atoms with Crippen molar-refractivity contribution < 1.29 is 22.5 Å². The number of sulfonamides is 1. The maximum absolute atomic E-state index is 13.0. The zero-order chi connectivity index (χ0) is 32.2. The Morgan fingerprint density at radius 3 is 2.48 bits per heavy atom. The summed E-state index contributed by atoms with van der Waals surface area (Å²) in [6, 6.07) is 8.82. The fourth-order valence-electron chi connectivity index (χ4n) is 6.16. The van der Waals surface area contributed by atoms with Crippen molar-refractivity contribution in [1.82, 2.24) is 14.9 Å². The van der Waals surface area contributed by atoms with E-state index >= 15 is 0 Å². The minimum atomic E-state index is -3.67. The Kier molecular flexibility index (Phi) is 8.71. The lowest BCUT2D eigenvalue weighted by Gasteiger charge is -2.31. The number of carbonyl (C=O) groups excluding carboxylic acids is 1. The molecule has 46 heavy (non-hydrogen) atoms. The molecular formula is C33H36Cl2N4O5S2. The number of thiazole rings is 1. The van der Waals surface area contributed by atoms with E-state index in [4.69, 9.17) is 37.4 Å². The van der Waals surface area contributed by atoms with Crippen LogP contribution in [0.25, 0.3) is 21.5 Å². The van der Waals surface area contributed by atoms with Gasteiger partial charge in [-0.05, 0) is 95.4 Å². The number of amides is 1. The highest BCUT2D eigenvalue weighted by atomic mass is 35.5. The number of hydrogen-bond acceptors (Lipinski definition) is 9. The van der Waals surface area contributed by atoms with Gasteiger partial charge < -0.3 is 14.2 Å². The average molecular weight is 704 g/mol. The van der Waals surface area contributed by atoms with Gasteiger partial charge >= 0.3 is 0 Å². The minimum Gasteiger partial charge on any atom is -0.489 e. The van der Waals surface area contributed by atoms with E-state index in [0.717, 1.165) is 84.0 Å². The third-order valence-electron chi connectivity index (χ3n) is 8.93. The van der Waals surface area contributed by atoms with E-state index in [1.807, 2.05) is 32.0 Å². The van der Waals surface area contributed by atoms with Gasteiger partial charge in [0.15, 0.2) is 5.13 Å². The van der Waals surface area contributed by atoms with Gasteiger partial charge in [0.05, 0.1) is 26.1 Å². The second-order valence-electron chi connectivity index (χ2n) is 12.9. The molecule has 3 aliphatic rings. The molecule has 0 bridgehead atoms. The molecule has 0 spiro atoms. The predicted octanol–water partition coefficient (Wildman–Crippen LogP) is 7.99. The second kappa shape index (κ2) is 12.6. The maximum atomic E-state index is 13.0. The highest BCUT2D eigenvalue weighted by Crippen LogP contribution is 2.47. The van der Waals surface area contributed by atoms with Crippen molar-refractivity contribution in [2.24, 2.45) is 5.92 Å². The summed E-state index contributed by atoms with van der Waals surface area (Å²) in [4.78, 5) is 20.2. The SMILES string of the molecule is CC(C)Oc1cc(C(=O)NS(=O)(=O)C2CC2)cc2sc(N3CCC(CCc4c(-c5c(Cl)cccc5Cl)noc4C4CC4)CC3)nc12. The molecule has 7 rings (SSSR count). The van der Waals surface area contributed by atoms with E-state index in [0.29, 0.717) is 46.0 Å². The van der Waals surface area contributed by atoms with Crippen LogP contribution >= 0.6 is 34.5 Å². The van der Waals surface area contributed by atoms with Crippen molar-refractivity contribution in [2.45, 2.75) is 82.5 Å². The van der Waals surface area contributed by atoms with Gasteiger partial charge in [-0.3, -0.25) is 4.79 Å². The first kappa shape index (κ1) is 31.7. The molecule has 2 aromatic heterocycles. The van der Waals surface area contributed by atoms with E-state index < -0.39 is 21.2 Å². The Balaban J connectivity index is 1.05. The molecule has 0 radical (unpaired) electrons. The van der Waals surface area contributed by atoms with Gasteiger partial charge in [-0.25, -0.2) is 18.1 Å². The number of benzene rings is 2. The Labute approximate surface area is 282 Å². The lowest BCUT2D eigenvalue weighted by atomic mass is 9.89. The van der Waals surface area contributed by atoms with Crippen LogP contribution in [-0.2, 0) is 16.4 Å². The third kappa shape index (κ3) is 6.61. The summed E-state index contributed by atoms with van der Waals surface area (Å²) in [5.41, 5.74) is 3.57. The number of halogens is 2. The summed E-state index contributed by atoms with van der Waals surface area (Å²) in [6.07, 6.45) is 7.17. The number of hydrogen-bond donors (Lipinski definition) is 1. The number of nitrogens with one attached hydrogen (secondary N) is 1. The molecule has 4 aromatic rings. The Morgan fingerprint density at radius 1 is 1.11 bits per heavy atom. The maximum Gasteiger partial charge on any atom is 0.264 e. The van der Waals surface area contributed by atoms with Gasteiger partial charge in [-0.15, -0.1) is 0 Å². The van der Waals surface area contributed by atoms with Crippen molar-refractivity contribution in [3.05, 3.63) is 57.3 Å². The molecule has 2 saturated carbocycles. The van der Waals surface area contributed by atoms with Crippen LogP contribution in [-0.4, -0.2) is 48.9 Å². The number of nitrogens with zero attached hydrogens (tertiary/aromatic N) is 3. The van der Waals surface area contributed by atoms with Gasteiger partial charge in [0, 0.05) is 35.7 Å². The largest absolute Gasteiger partial charge is 0.489 e. The molecule has 244 valence electrons. The van der Waals surface area contributed by atoms with Crippen LogP contribution in [0.15, 0.2) is 34.9 Å². The first-order chi connectivity index (χ1) is 22.1. The lowest BCUT2D eigenvalue weighted by Crippen LogP contribution is -2.33. The zero-order valence-corrected chi connectivity index (χ0v) is 28.9. The van der Waals surface area contributed by atoms with Crippen LogP contribution < -0.4 is 14.4 Å². The summed E-state index contributed by atoms with van der Waals surface area (Å²) >= 11 is 14.6. The molecular weight excluding hydrogens is 667 g/mol. The summed E-state index contributed by atoms with van der Waals surface area (Å²) < 4.78 is 39.8. The molecule has 3 heterocycles. The van der Waals surface area contributed by atoms with Crippen molar-refractivity contribution in [1.29, 1.82) is 0 Å². The third-order valence-corrected chi connectivity index (χ3v) is 12.4. The summed E-state index contributed by atoms with van der Waals surface area (Å²) in [7, 11) is -3.67. The number of piperidine rings is 1. The first-order valence-electron chi connectivity index (χ1n) is 15.9. The van der Waals surface area contributed by atoms with E-state index in [2.05, 4.69) is 14.8 Å². The van der Waals surface area contributed by atoms with Gasteiger partial charge in [0.25, 0.3) is 5.91 Å². The number of aromatic nitrogens is 2. The van der Waals surface area contributed by atoms with Gasteiger partial charge in [-0.2, -0.15) is 0 Å². The Hall–Kier alpha value is -2.86. The highest BCUT2D eigenvalue weighted by molar-refractivity contribution is 7.91. The van der Waals surface area contributed by atoms with E-state index in [9.17, 15) is 13.2 Å². The van der Waals surface area contributed by atoms with E-state index in [1.54, 1.807) is 12.1 Å². The number of fused-ring (bicyclic) bond motifs is 1. The molecule has 1 amide bonds. The predicted molar refractivity (Wildman–Crippen MR) is 182 cm³/mol. The average Bonchev–Trinajstić information content (AvgIpc) is 3.95. The number of ether oxygens (including phenoxy) is 1. The normalized spacial score (nSPS) is 17.6. The molecule has 9 nitrogen and oxygen atoms in total. The monoisotopic (exact) mass is 702 g/mol. The highest BCUT2D eigenvalue weighted by Gasteiger charge is 2.37. The van der Waals surface area contributed by atoms with Crippen LogP contribution in [0, 0.1) is 5.92 Å². The number of carbonyl (C=O) groups is 1. The number of anilines is 1. The van der Waals surface area contributed by atoms with Crippen molar-refractivity contribution in [2.75, 3.05) is 18.0 Å². The molecule has 13 heteroatoms. The molecule has 1 N–H and O–H groups in total. The summed E-state index contributed by atoms with van der Waals surface area (Å²) in [5, 5.41) is 5.99. The summed E-state index contributed by atoms with van der Waals surface area (Å²) in [6.45, 7) is 5.54. The standard InChI is InChI=1S/C33H36Cl2N4O5S2/c1-18(2)43-26-16-21(32(40)38-46(41,42)22-9-10-22)17-27-30(26)36-33(45-27)39-14-12-19(13-15-39)6-11-23-29(37-44-31(23)20-7-8-20)28-24(34)4-3-5-25(28)35/h3-5,16-20,22H,6-15H2,1-2H3,(H,38,40). The van der Waals surface area contributed by atoms with Crippen LogP contribution in [0.3, 0.4) is 0 Å². The lowest BCUT2D eigenvalue weighted by molar-refractivity contribution is 0.0980. The summed E-state index contributed by atoms with van der Waals surface area (Å²) in [5.74, 6) is 1.78. The van der Waals surface area contributed by atoms with Gasteiger partial charge in [0.1, 0.15) is 22.7 Å². The van der Waals surface area contributed by atoms with Crippen LogP contribution in [0.4, 0.5) is 5.13 Å². The van der Waals surface area contributed by atoms with Gasteiger partial charge in [0.2, 0.25) is 10.0 Å². The van der Waals surface area contributed by atoms with Crippen LogP contribution in [0.5, 0.6) is 5.75 Å². The van der Waals surface area contributed by atoms with Crippen molar-refractivity contribution in [3.8, 4) is 17.0 Å².